The number of anilines is 5. The highest BCUT2D eigenvalue weighted by molar-refractivity contribution is 6.32. The first-order chi connectivity index (χ1) is 21.6. The van der Waals surface area contributed by atoms with Crippen LogP contribution in [0, 0.1) is 0 Å². The number of rotatable bonds is 6. The van der Waals surface area contributed by atoms with Gasteiger partial charge in [0.15, 0.2) is 5.82 Å². The van der Waals surface area contributed by atoms with Gasteiger partial charge >= 0.3 is 0 Å². The molecule has 0 saturated carbocycles. The van der Waals surface area contributed by atoms with Crippen molar-refractivity contribution in [3.05, 3.63) is 58.9 Å². The Balaban J connectivity index is 1.02. The van der Waals surface area contributed by atoms with Crippen molar-refractivity contribution in [3.63, 3.8) is 0 Å². The number of nitrogens with zero attached hydrogens (tertiary/aromatic N) is 6. The normalized spacial score (nSPS) is 21.7. The Morgan fingerprint density at radius 2 is 1.89 bits per heavy atom. The Kier molecular flexibility index (Phi) is 7.27. The summed E-state index contributed by atoms with van der Waals surface area (Å²) in [5, 5.41) is 14.7. The summed E-state index contributed by atoms with van der Waals surface area (Å²) in [6.45, 7) is 0.625. The number of aryl methyl sites for hydroxylation is 1. The van der Waals surface area contributed by atoms with Crippen LogP contribution in [0.15, 0.2) is 42.6 Å². The summed E-state index contributed by atoms with van der Waals surface area (Å²) < 4.78 is 17.3. The van der Waals surface area contributed by atoms with E-state index in [0.29, 0.717) is 48.3 Å². The molecule has 0 radical (unpaired) electrons. The van der Waals surface area contributed by atoms with Gasteiger partial charge in [0.05, 0.1) is 42.3 Å². The van der Waals surface area contributed by atoms with E-state index < -0.39 is 18.1 Å². The standard InChI is InChI=1S/C31H31ClFN9O3/c1-40-24-7-4-17(11-16(24)12-27(40)44)36-29-21(32)14-34-31(38-29)42-10-9-23(22(33)15-42)35-18-3-5-19-25(13-18)41(2)39-28(19)20-6-8-26(43)37-30(20)45/h3-5,7,11,13-14,20,22-23,35H,6,8-10,12,15H2,1-2H3,(H,34,36,38)(H,37,43,45)/t20?,22-,23-/m0/s1. The third-order valence-electron chi connectivity index (χ3n) is 8.78. The molecule has 0 bridgehead atoms. The van der Waals surface area contributed by atoms with E-state index in [2.05, 4.69) is 31.0 Å². The fourth-order valence-electron chi connectivity index (χ4n) is 6.33. The summed E-state index contributed by atoms with van der Waals surface area (Å²) >= 11 is 6.41. The minimum Gasteiger partial charge on any atom is -0.379 e. The van der Waals surface area contributed by atoms with Crippen molar-refractivity contribution in [2.75, 3.05) is 40.6 Å². The summed E-state index contributed by atoms with van der Waals surface area (Å²) in [6.07, 6.45) is 1.83. The number of amides is 3. The van der Waals surface area contributed by atoms with Crippen LogP contribution >= 0.6 is 11.6 Å². The van der Waals surface area contributed by atoms with Crippen LogP contribution in [0.1, 0.15) is 36.4 Å². The molecule has 0 spiro atoms. The number of alkyl halides is 1. The van der Waals surface area contributed by atoms with Crippen molar-refractivity contribution in [2.24, 2.45) is 7.05 Å². The number of hydrogen-bond acceptors (Lipinski definition) is 9. The molecule has 3 N–H and O–H groups in total. The summed E-state index contributed by atoms with van der Waals surface area (Å²) in [5.41, 5.74) is 4.73. The Morgan fingerprint density at radius 3 is 2.69 bits per heavy atom. The highest BCUT2D eigenvalue weighted by Gasteiger charge is 2.33. The number of halogens is 2. The lowest BCUT2D eigenvalue weighted by Crippen LogP contribution is -2.48. The molecule has 45 heavy (non-hydrogen) atoms. The van der Waals surface area contributed by atoms with E-state index in [0.717, 1.165) is 33.5 Å². The second-order valence-corrected chi connectivity index (χ2v) is 12.1. The molecule has 3 aliphatic rings. The second kappa shape index (κ2) is 11.3. The molecule has 5 heterocycles. The topological polar surface area (TPSA) is 137 Å². The van der Waals surface area contributed by atoms with Gasteiger partial charge in [0.2, 0.25) is 23.7 Å². The number of imide groups is 1. The SMILES string of the molecule is CN1C(=O)Cc2cc(Nc3nc(N4CC[C@H](Nc5ccc6c(C7CCC(=O)NC7=O)nn(C)c6c5)[C@@H](F)C4)ncc3Cl)ccc21. The van der Waals surface area contributed by atoms with Gasteiger partial charge in [0.1, 0.15) is 11.2 Å². The lowest BCUT2D eigenvalue weighted by atomic mass is 9.93. The first kappa shape index (κ1) is 29.0. The van der Waals surface area contributed by atoms with Crippen molar-refractivity contribution in [3.8, 4) is 0 Å². The molecule has 14 heteroatoms. The third-order valence-corrected chi connectivity index (χ3v) is 9.05. The van der Waals surface area contributed by atoms with Gasteiger partial charge in [-0.3, -0.25) is 24.4 Å². The van der Waals surface area contributed by atoms with Gasteiger partial charge in [-0.1, -0.05) is 11.6 Å². The fourth-order valence-corrected chi connectivity index (χ4v) is 6.47. The van der Waals surface area contributed by atoms with Crippen LogP contribution < -0.4 is 25.8 Å². The molecule has 1 unspecified atom stereocenters. The van der Waals surface area contributed by atoms with Crippen molar-refractivity contribution >= 4 is 69.1 Å². The number of aromatic nitrogens is 4. The molecule has 2 aromatic carbocycles. The third kappa shape index (κ3) is 5.41. The first-order valence-electron chi connectivity index (χ1n) is 14.8. The summed E-state index contributed by atoms with van der Waals surface area (Å²) in [4.78, 5) is 48.5. The molecule has 2 aromatic heterocycles. The highest BCUT2D eigenvalue weighted by Crippen LogP contribution is 2.34. The molecular weight excluding hydrogens is 601 g/mol. The predicted molar refractivity (Wildman–Crippen MR) is 169 cm³/mol. The fraction of sp³-hybridized carbons (Fsp3) is 0.355. The van der Waals surface area contributed by atoms with Gasteiger partial charge in [-0.15, -0.1) is 0 Å². The van der Waals surface area contributed by atoms with Crippen LogP contribution in [0.25, 0.3) is 10.9 Å². The lowest BCUT2D eigenvalue weighted by molar-refractivity contribution is -0.134. The van der Waals surface area contributed by atoms with E-state index in [1.54, 1.807) is 28.6 Å². The van der Waals surface area contributed by atoms with Crippen LogP contribution in [-0.4, -0.2) is 69.8 Å². The van der Waals surface area contributed by atoms with Crippen LogP contribution in [0.2, 0.25) is 5.02 Å². The smallest absolute Gasteiger partial charge is 0.235 e. The molecule has 2 fully saturated rings. The van der Waals surface area contributed by atoms with Crippen molar-refractivity contribution in [2.45, 2.75) is 43.8 Å². The number of carbonyl (C=O) groups excluding carboxylic acids is 3. The Labute approximate surface area is 262 Å². The van der Waals surface area contributed by atoms with Gasteiger partial charge < -0.3 is 20.4 Å². The largest absolute Gasteiger partial charge is 0.379 e. The molecule has 4 aromatic rings. The maximum atomic E-state index is 15.6. The summed E-state index contributed by atoms with van der Waals surface area (Å²) in [5.74, 6) is -0.275. The number of benzene rings is 2. The zero-order valence-corrected chi connectivity index (χ0v) is 25.4. The van der Waals surface area contributed by atoms with Crippen LogP contribution in [-0.2, 0) is 27.9 Å². The van der Waals surface area contributed by atoms with E-state index in [4.69, 9.17) is 11.6 Å². The monoisotopic (exact) mass is 631 g/mol. The van der Waals surface area contributed by atoms with Crippen LogP contribution in [0.3, 0.4) is 0 Å². The van der Waals surface area contributed by atoms with E-state index in [1.807, 2.05) is 36.4 Å². The molecule has 2 saturated heterocycles. The van der Waals surface area contributed by atoms with Crippen LogP contribution in [0.4, 0.5) is 33.2 Å². The zero-order valence-electron chi connectivity index (χ0n) is 24.7. The average Bonchev–Trinajstić information content (AvgIpc) is 3.49. The van der Waals surface area contributed by atoms with E-state index in [9.17, 15) is 14.4 Å². The molecule has 0 aliphatic carbocycles. The number of nitrogens with one attached hydrogen (secondary N) is 3. The predicted octanol–water partition coefficient (Wildman–Crippen LogP) is 3.83. The average molecular weight is 632 g/mol. The molecule has 232 valence electrons. The molecule has 3 atom stereocenters. The number of carbonyl (C=O) groups is 3. The maximum Gasteiger partial charge on any atom is 0.235 e. The number of fused-ring (bicyclic) bond motifs is 2. The summed E-state index contributed by atoms with van der Waals surface area (Å²) in [7, 11) is 3.56. The number of piperidine rings is 2. The van der Waals surface area contributed by atoms with Crippen molar-refractivity contribution in [1.29, 1.82) is 0 Å². The zero-order chi connectivity index (χ0) is 31.4. The molecule has 3 amide bonds. The van der Waals surface area contributed by atoms with E-state index >= 15 is 4.39 Å². The van der Waals surface area contributed by atoms with Gasteiger partial charge in [-0.2, -0.15) is 10.1 Å². The Hall–Kier alpha value is -4.78. The molecule has 7 rings (SSSR count). The number of hydrogen-bond donors (Lipinski definition) is 3. The van der Waals surface area contributed by atoms with E-state index in [1.165, 1.54) is 6.20 Å². The number of likely N-dealkylation sites (N-methyl/N-ethyl adjacent to an activating group) is 1. The summed E-state index contributed by atoms with van der Waals surface area (Å²) in [6, 6.07) is 10.9. The van der Waals surface area contributed by atoms with Gasteiger partial charge in [-0.05, 0) is 54.8 Å². The van der Waals surface area contributed by atoms with Crippen molar-refractivity contribution < 1.29 is 18.8 Å². The Bertz CT molecular complexity index is 1860. The van der Waals surface area contributed by atoms with Gasteiger partial charge in [0, 0.05) is 49.5 Å². The lowest BCUT2D eigenvalue weighted by Gasteiger charge is -2.35. The molecule has 3 aliphatic heterocycles. The van der Waals surface area contributed by atoms with Crippen LogP contribution in [0.5, 0.6) is 0 Å². The molecular formula is C31H31ClFN9O3. The second-order valence-electron chi connectivity index (χ2n) is 11.7. The first-order valence-corrected chi connectivity index (χ1v) is 15.2. The quantitative estimate of drug-likeness (QED) is 0.271. The Morgan fingerprint density at radius 1 is 1.07 bits per heavy atom. The molecule has 12 nitrogen and oxygen atoms in total. The minimum atomic E-state index is -1.21. The maximum absolute atomic E-state index is 15.6. The highest BCUT2D eigenvalue weighted by atomic mass is 35.5. The van der Waals surface area contributed by atoms with E-state index in [-0.39, 0.29) is 30.7 Å². The van der Waals surface area contributed by atoms with Crippen molar-refractivity contribution in [1.82, 2.24) is 25.1 Å². The minimum absolute atomic E-state index is 0.0413. The van der Waals surface area contributed by atoms with Gasteiger partial charge in [0.25, 0.3) is 0 Å². The van der Waals surface area contributed by atoms with Gasteiger partial charge in [-0.25, -0.2) is 9.37 Å².